The van der Waals surface area contributed by atoms with Crippen LogP contribution in [-0.2, 0) is 6.54 Å². The first-order valence-corrected chi connectivity index (χ1v) is 9.93. The molecule has 0 aromatic heterocycles. The number of ether oxygens (including phenoxy) is 1. The molecule has 0 aliphatic carbocycles. The minimum absolute atomic E-state index is 0.102. The number of fused-ring (bicyclic) bond motifs is 1. The van der Waals surface area contributed by atoms with Gasteiger partial charge in [-0.1, -0.05) is 41.1 Å². The molecule has 2 aliphatic rings. The molecule has 1 saturated heterocycles. The minimum Gasteiger partial charge on any atom is -0.872 e. The van der Waals surface area contributed by atoms with Crippen molar-refractivity contribution in [1.82, 2.24) is 4.90 Å². The van der Waals surface area contributed by atoms with Crippen LogP contribution in [0.15, 0.2) is 36.1 Å². The molecule has 1 fully saturated rings. The molecule has 2 aliphatic heterocycles. The van der Waals surface area contributed by atoms with Crippen molar-refractivity contribution in [3.63, 3.8) is 0 Å². The SMILES string of the molecule is CN1CC[NH+](Cc2c([O-])ccc3c2O/C(=C\c2c(Cl)cccc2Cl)C3=O)CC1. The minimum atomic E-state index is -0.263. The van der Waals surface area contributed by atoms with Crippen LogP contribution in [0.3, 0.4) is 0 Å². The molecule has 0 bridgehead atoms. The number of nitrogens with zero attached hydrogens (tertiary/aromatic N) is 1. The Labute approximate surface area is 173 Å². The fourth-order valence-electron chi connectivity index (χ4n) is 3.60. The van der Waals surface area contributed by atoms with Crippen LogP contribution in [0.5, 0.6) is 11.5 Å². The topological polar surface area (TPSA) is 57.0 Å². The van der Waals surface area contributed by atoms with Crippen LogP contribution in [-0.4, -0.2) is 43.9 Å². The number of Topliss-reactive ketones (excluding diaryl/α,β-unsaturated/α-hetero) is 1. The summed E-state index contributed by atoms with van der Waals surface area (Å²) in [5.41, 5.74) is 1.49. The average Bonchev–Trinajstić information content (AvgIpc) is 2.98. The number of piperazine rings is 1. The number of quaternary nitrogens is 1. The van der Waals surface area contributed by atoms with Gasteiger partial charge >= 0.3 is 0 Å². The number of carbonyl (C=O) groups is 1. The van der Waals surface area contributed by atoms with Gasteiger partial charge in [-0.2, -0.15) is 0 Å². The van der Waals surface area contributed by atoms with E-state index in [0.29, 0.717) is 39.0 Å². The number of carbonyl (C=O) groups excluding carboxylic acids is 1. The summed E-state index contributed by atoms with van der Waals surface area (Å²) in [6.45, 7) is 4.41. The van der Waals surface area contributed by atoms with E-state index in [1.807, 2.05) is 0 Å². The molecule has 146 valence electrons. The maximum atomic E-state index is 12.8. The van der Waals surface area contributed by atoms with Gasteiger partial charge in [0, 0.05) is 34.3 Å². The largest absolute Gasteiger partial charge is 0.872 e. The van der Waals surface area contributed by atoms with Crippen molar-refractivity contribution >= 4 is 35.1 Å². The Morgan fingerprint density at radius 2 is 1.86 bits per heavy atom. The summed E-state index contributed by atoms with van der Waals surface area (Å²) in [4.78, 5) is 16.4. The Morgan fingerprint density at radius 1 is 1.18 bits per heavy atom. The zero-order chi connectivity index (χ0) is 19.8. The van der Waals surface area contributed by atoms with Crippen LogP contribution < -0.4 is 14.7 Å². The molecule has 0 saturated carbocycles. The standard InChI is InChI=1S/C21H20Cl2N2O3/c1-24-7-9-25(10-8-24)12-15-18(26)6-5-13-20(27)19(28-21(13)15)11-14-16(22)3-2-4-17(14)23/h2-6,11,26H,7-10,12H2,1H3/b19-11-. The van der Waals surface area contributed by atoms with Crippen molar-refractivity contribution in [2.75, 3.05) is 33.2 Å². The molecular formula is C21H20Cl2N2O3. The summed E-state index contributed by atoms with van der Waals surface area (Å²) < 4.78 is 5.88. The number of benzene rings is 2. The monoisotopic (exact) mass is 418 g/mol. The molecular weight excluding hydrogens is 399 g/mol. The lowest BCUT2D eigenvalue weighted by molar-refractivity contribution is -0.918. The highest BCUT2D eigenvalue weighted by molar-refractivity contribution is 6.37. The van der Waals surface area contributed by atoms with Gasteiger partial charge in [0.15, 0.2) is 5.76 Å². The summed E-state index contributed by atoms with van der Waals surface area (Å²) in [7, 11) is 2.09. The van der Waals surface area contributed by atoms with Gasteiger partial charge in [0.25, 0.3) is 0 Å². The number of hydrogen-bond donors (Lipinski definition) is 1. The highest BCUT2D eigenvalue weighted by Crippen LogP contribution is 2.39. The Bertz CT molecular complexity index is 946. The van der Waals surface area contributed by atoms with E-state index in [9.17, 15) is 9.90 Å². The second-order valence-electron chi connectivity index (χ2n) is 7.22. The fourth-order valence-corrected chi connectivity index (χ4v) is 4.10. The van der Waals surface area contributed by atoms with Gasteiger partial charge < -0.3 is 14.7 Å². The summed E-state index contributed by atoms with van der Waals surface area (Å²) in [5, 5.41) is 13.4. The van der Waals surface area contributed by atoms with Gasteiger partial charge in [0.1, 0.15) is 12.3 Å². The van der Waals surface area contributed by atoms with Crippen LogP contribution in [0, 0.1) is 0 Å². The van der Waals surface area contributed by atoms with Gasteiger partial charge in [0.2, 0.25) is 5.78 Å². The molecule has 2 aromatic carbocycles. The van der Waals surface area contributed by atoms with E-state index in [2.05, 4.69) is 11.9 Å². The van der Waals surface area contributed by atoms with E-state index in [1.165, 1.54) is 17.0 Å². The Balaban J connectivity index is 1.66. The van der Waals surface area contributed by atoms with Crippen LogP contribution >= 0.6 is 23.2 Å². The predicted octanol–water partition coefficient (Wildman–Crippen LogP) is 2.01. The van der Waals surface area contributed by atoms with E-state index in [0.717, 1.165) is 26.2 Å². The molecule has 0 amide bonds. The molecule has 2 aromatic rings. The van der Waals surface area contributed by atoms with Gasteiger partial charge in [0.05, 0.1) is 18.7 Å². The van der Waals surface area contributed by atoms with E-state index < -0.39 is 0 Å². The van der Waals surface area contributed by atoms with E-state index in [-0.39, 0.29) is 17.3 Å². The highest BCUT2D eigenvalue weighted by Gasteiger charge is 2.31. The van der Waals surface area contributed by atoms with Crippen LogP contribution in [0.25, 0.3) is 6.08 Å². The van der Waals surface area contributed by atoms with Gasteiger partial charge in [-0.3, -0.25) is 9.69 Å². The van der Waals surface area contributed by atoms with Gasteiger partial charge in [-0.15, -0.1) is 0 Å². The van der Waals surface area contributed by atoms with E-state index >= 15 is 0 Å². The number of rotatable bonds is 3. The predicted molar refractivity (Wildman–Crippen MR) is 107 cm³/mol. The average molecular weight is 419 g/mol. The summed E-state index contributed by atoms with van der Waals surface area (Å²) >= 11 is 12.4. The second-order valence-corrected chi connectivity index (χ2v) is 8.04. The molecule has 1 N–H and O–H groups in total. The summed E-state index contributed by atoms with van der Waals surface area (Å²) in [5.74, 6) is 0.138. The maximum Gasteiger partial charge on any atom is 0.231 e. The normalized spacial score (nSPS) is 19.1. The Kier molecular flexibility index (Phi) is 5.34. The van der Waals surface area contributed by atoms with Gasteiger partial charge in [-0.25, -0.2) is 0 Å². The van der Waals surface area contributed by atoms with Crippen LogP contribution in [0.2, 0.25) is 10.0 Å². The third-order valence-corrected chi connectivity index (χ3v) is 5.95. The molecule has 0 radical (unpaired) electrons. The molecule has 0 atom stereocenters. The van der Waals surface area contributed by atoms with Crippen molar-refractivity contribution in [1.29, 1.82) is 0 Å². The quantitative estimate of drug-likeness (QED) is 0.774. The molecule has 7 heteroatoms. The molecule has 2 heterocycles. The van der Waals surface area contributed by atoms with Gasteiger partial charge in [-0.05, 0) is 31.3 Å². The second kappa shape index (κ2) is 7.76. The fraction of sp³-hybridized carbons (Fsp3) is 0.286. The molecule has 28 heavy (non-hydrogen) atoms. The highest BCUT2D eigenvalue weighted by atomic mass is 35.5. The van der Waals surface area contributed by atoms with Crippen molar-refractivity contribution < 1.29 is 19.5 Å². The van der Waals surface area contributed by atoms with E-state index in [4.69, 9.17) is 27.9 Å². The number of nitrogens with one attached hydrogen (secondary N) is 1. The molecule has 4 rings (SSSR count). The van der Waals surface area contributed by atoms with Crippen molar-refractivity contribution in [3.8, 4) is 11.5 Å². The van der Waals surface area contributed by atoms with Crippen LogP contribution in [0.1, 0.15) is 21.5 Å². The zero-order valence-electron chi connectivity index (χ0n) is 15.4. The number of likely N-dealkylation sites (N-methyl/N-ethyl adjacent to an activating group) is 1. The lowest BCUT2D eigenvalue weighted by Crippen LogP contribution is -3.13. The Morgan fingerprint density at radius 3 is 2.54 bits per heavy atom. The lowest BCUT2D eigenvalue weighted by Gasteiger charge is -2.30. The number of allylic oxidation sites excluding steroid dienone is 1. The first kappa shape index (κ1) is 19.3. The number of halogens is 2. The smallest absolute Gasteiger partial charge is 0.231 e. The zero-order valence-corrected chi connectivity index (χ0v) is 16.9. The molecule has 5 nitrogen and oxygen atoms in total. The van der Waals surface area contributed by atoms with E-state index in [1.54, 1.807) is 24.3 Å². The number of ketones is 1. The van der Waals surface area contributed by atoms with Crippen molar-refractivity contribution in [2.45, 2.75) is 6.54 Å². The first-order valence-electron chi connectivity index (χ1n) is 9.17. The molecule has 0 spiro atoms. The Hall–Kier alpha value is -2.05. The first-order chi connectivity index (χ1) is 13.4. The summed E-state index contributed by atoms with van der Waals surface area (Å²) in [6.07, 6.45) is 1.55. The van der Waals surface area contributed by atoms with Crippen LogP contribution in [0.4, 0.5) is 0 Å². The molecule has 0 unspecified atom stereocenters. The van der Waals surface area contributed by atoms with Crippen molar-refractivity contribution in [3.05, 3.63) is 62.8 Å². The van der Waals surface area contributed by atoms with Crippen molar-refractivity contribution in [2.24, 2.45) is 0 Å². The number of hydrogen-bond acceptors (Lipinski definition) is 4. The third-order valence-electron chi connectivity index (χ3n) is 5.29. The lowest BCUT2D eigenvalue weighted by atomic mass is 10.0. The maximum absolute atomic E-state index is 12.8. The summed E-state index contributed by atoms with van der Waals surface area (Å²) in [6, 6.07) is 8.13. The third kappa shape index (κ3) is 3.63.